The van der Waals surface area contributed by atoms with Crippen LogP contribution in [0.4, 0.5) is 0 Å². The number of hydrogen-bond acceptors (Lipinski definition) is 3. The number of amides is 1. The van der Waals surface area contributed by atoms with Gasteiger partial charge < -0.3 is 14.6 Å². The second-order valence-corrected chi connectivity index (χ2v) is 8.59. The van der Waals surface area contributed by atoms with E-state index in [9.17, 15) is 4.79 Å². The summed E-state index contributed by atoms with van der Waals surface area (Å²) in [6, 6.07) is 26.2. The first kappa shape index (κ1) is 24.3. The van der Waals surface area contributed by atoms with Crippen LogP contribution < -0.4 is 10.1 Å². The molecule has 1 aromatic heterocycles. The highest BCUT2D eigenvalue weighted by Crippen LogP contribution is 2.20. The van der Waals surface area contributed by atoms with E-state index in [2.05, 4.69) is 28.6 Å². The maximum atomic E-state index is 12.3. The summed E-state index contributed by atoms with van der Waals surface area (Å²) in [5, 5.41) is 3.04. The normalized spacial score (nSPS) is 10.9. The third-order valence-electron chi connectivity index (χ3n) is 5.98. The molecule has 0 saturated heterocycles. The second kappa shape index (κ2) is 12.6. The lowest BCUT2D eigenvalue weighted by Crippen LogP contribution is -2.28. The molecule has 0 saturated carbocycles. The number of ether oxygens (including phenoxy) is 1. The second-order valence-electron chi connectivity index (χ2n) is 8.59. The Labute approximate surface area is 207 Å². The number of nitrogens with one attached hydrogen (secondary N) is 1. The van der Waals surface area contributed by atoms with Gasteiger partial charge >= 0.3 is 0 Å². The minimum atomic E-state index is 0.0349. The molecular formula is C30H33N3O2. The van der Waals surface area contributed by atoms with Crippen molar-refractivity contribution in [2.45, 2.75) is 38.6 Å². The van der Waals surface area contributed by atoms with Crippen LogP contribution in [0.1, 0.15) is 29.8 Å². The van der Waals surface area contributed by atoms with Crippen LogP contribution in [0.25, 0.3) is 11.0 Å². The molecule has 1 N–H and O–H groups in total. The summed E-state index contributed by atoms with van der Waals surface area (Å²) >= 11 is 0. The fourth-order valence-corrected chi connectivity index (χ4v) is 4.25. The quantitative estimate of drug-likeness (QED) is 0.208. The molecule has 0 atom stereocenters. The van der Waals surface area contributed by atoms with Crippen LogP contribution in [0.5, 0.6) is 5.75 Å². The Hall–Kier alpha value is -3.86. The SMILES string of the molecule is C=CCc1ccccc1OCCCCn1c(CCNC(=O)Cc2ccccc2)nc2ccccc21. The van der Waals surface area contributed by atoms with Crippen LogP contribution >= 0.6 is 0 Å². The number of fused-ring (bicyclic) bond motifs is 1. The van der Waals surface area contributed by atoms with Gasteiger partial charge in [0.05, 0.1) is 24.1 Å². The predicted octanol–water partition coefficient (Wildman–Crippen LogP) is 5.53. The number of hydrogen-bond donors (Lipinski definition) is 1. The van der Waals surface area contributed by atoms with E-state index in [-0.39, 0.29) is 5.91 Å². The number of allylic oxidation sites excluding steroid dienone is 1. The van der Waals surface area contributed by atoms with Crippen molar-refractivity contribution in [1.82, 2.24) is 14.9 Å². The van der Waals surface area contributed by atoms with Gasteiger partial charge in [-0.15, -0.1) is 6.58 Å². The van der Waals surface area contributed by atoms with Crippen molar-refractivity contribution in [3.63, 3.8) is 0 Å². The Balaban J connectivity index is 1.30. The molecule has 4 rings (SSSR count). The standard InChI is InChI=1S/C30H33N3O2/c1-2-12-25-15-6-9-18-28(25)35-22-11-10-21-33-27-17-8-7-16-26(27)32-29(33)19-20-31-30(34)23-24-13-4-3-5-14-24/h2-9,13-18H,1,10-12,19-23H2,(H,31,34). The van der Waals surface area contributed by atoms with E-state index in [4.69, 9.17) is 9.72 Å². The van der Waals surface area contributed by atoms with Crippen molar-refractivity contribution >= 4 is 16.9 Å². The molecule has 3 aromatic carbocycles. The van der Waals surface area contributed by atoms with Crippen molar-refractivity contribution in [3.05, 3.63) is 108 Å². The fraction of sp³-hybridized carbons (Fsp3) is 0.267. The van der Waals surface area contributed by atoms with Crippen LogP contribution in [0.3, 0.4) is 0 Å². The zero-order chi connectivity index (χ0) is 24.3. The number of carbonyl (C=O) groups excluding carboxylic acids is 1. The first-order chi connectivity index (χ1) is 17.2. The molecule has 180 valence electrons. The highest BCUT2D eigenvalue weighted by atomic mass is 16.5. The van der Waals surface area contributed by atoms with Crippen molar-refractivity contribution in [2.75, 3.05) is 13.2 Å². The van der Waals surface area contributed by atoms with Crippen molar-refractivity contribution in [2.24, 2.45) is 0 Å². The molecule has 4 aromatic rings. The van der Waals surface area contributed by atoms with E-state index < -0.39 is 0 Å². The number of rotatable bonds is 13. The largest absolute Gasteiger partial charge is 0.493 e. The number of nitrogens with zero attached hydrogens (tertiary/aromatic N) is 2. The average molecular weight is 468 g/mol. The van der Waals surface area contributed by atoms with Gasteiger partial charge in [0.1, 0.15) is 11.6 Å². The van der Waals surface area contributed by atoms with Gasteiger partial charge in [0, 0.05) is 19.5 Å². The summed E-state index contributed by atoms with van der Waals surface area (Å²) in [6.07, 6.45) is 5.73. The summed E-state index contributed by atoms with van der Waals surface area (Å²) in [5.74, 6) is 1.98. The highest BCUT2D eigenvalue weighted by Gasteiger charge is 2.11. The summed E-state index contributed by atoms with van der Waals surface area (Å²) in [5.41, 5.74) is 4.31. The fourth-order valence-electron chi connectivity index (χ4n) is 4.25. The molecule has 0 fully saturated rings. The first-order valence-electron chi connectivity index (χ1n) is 12.3. The number of aromatic nitrogens is 2. The molecule has 0 radical (unpaired) electrons. The van der Waals surface area contributed by atoms with Crippen molar-refractivity contribution in [3.8, 4) is 5.75 Å². The monoisotopic (exact) mass is 467 g/mol. The van der Waals surface area contributed by atoms with Crippen LogP contribution in [0, 0.1) is 0 Å². The molecule has 5 heteroatoms. The molecular weight excluding hydrogens is 434 g/mol. The lowest BCUT2D eigenvalue weighted by molar-refractivity contribution is -0.120. The minimum Gasteiger partial charge on any atom is -0.493 e. The van der Waals surface area contributed by atoms with Gasteiger partial charge in [-0.2, -0.15) is 0 Å². The van der Waals surface area contributed by atoms with E-state index >= 15 is 0 Å². The van der Waals surface area contributed by atoms with Gasteiger partial charge in [-0.05, 0) is 48.6 Å². The van der Waals surface area contributed by atoms with Gasteiger partial charge in [-0.3, -0.25) is 4.79 Å². The van der Waals surface area contributed by atoms with Crippen LogP contribution in [-0.4, -0.2) is 28.6 Å². The molecule has 35 heavy (non-hydrogen) atoms. The predicted molar refractivity (Wildman–Crippen MR) is 142 cm³/mol. The van der Waals surface area contributed by atoms with E-state index in [0.717, 1.165) is 54.0 Å². The topological polar surface area (TPSA) is 56.1 Å². The third kappa shape index (κ3) is 6.82. The lowest BCUT2D eigenvalue weighted by Gasteiger charge is -2.12. The molecule has 1 heterocycles. The van der Waals surface area contributed by atoms with Crippen molar-refractivity contribution < 1.29 is 9.53 Å². The number of aryl methyl sites for hydroxylation is 1. The molecule has 1 amide bonds. The average Bonchev–Trinajstić information content (AvgIpc) is 3.23. The summed E-state index contributed by atoms with van der Waals surface area (Å²) in [7, 11) is 0. The minimum absolute atomic E-state index is 0.0349. The van der Waals surface area contributed by atoms with Crippen LogP contribution in [0.15, 0.2) is 91.5 Å². The van der Waals surface area contributed by atoms with E-state index in [0.29, 0.717) is 26.0 Å². The van der Waals surface area contributed by atoms with Crippen molar-refractivity contribution in [1.29, 1.82) is 0 Å². The number of unbranched alkanes of at least 4 members (excludes halogenated alkanes) is 1. The smallest absolute Gasteiger partial charge is 0.224 e. The van der Waals surface area contributed by atoms with Crippen LogP contribution in [0.2, 0.25) is 0 Å². The molecule has 0 aliphatic heterocycles. The lowest BCUT2D eigenvalue weighted by atomic mass is 10.1. The molecule has 0 unspecified atom stereocenters. The summed E-state index contributed by atoms with van der Waals surface area (Å²) in [4.78, 5) is 17.2. The zero-order valence-electron chi connectivity index (χ0n) is 20.2. The summed E-state index contributed by atoms with van der Waals surface area (Å²) < 4.78 is 8.33. The van der Waals surface area contributed by atoms with E-state index in [1.165, 1.54) is 5.56 Å². The van der Waals surface area contributed by atoms with Gasteiger partial charge in [0.15, 0.2) is 0 Å². The maximum absolute atomic E-state index is 12.3. The molecule has 0 aliphatic rings. The number of benzene rings is 3. The third-order valence-corrected chi connectivity index (χ3v) is 5.98. The Kier molecular flexibility index (Phi) is 8.71. The van der Waals surface area contributed by atoms with Gasteiger partial charge in [0.2, 0.25) is 5.91 Å². The Morgan fingerprint density at radius 3 is 2.60 bits per heavy atom. The highest BCUT2D eigenvalue weighted by molar-refractivity contribution is 5.78. The number of para-hydroxylation sites is 3. The number of carbonyl (C=O) groups is 1. The molecule has 5 nitrogen and oxygen atoms in total. The number of imidazole rings is 1. The Morgan fingerprint density at radius 1 is 0.971 bits per heavy atom. The Morgan fingerprint density at radius 2 is 1.74 bits per heavy atom. The Bertz CT molecular complexity index is 1250. The van der Waals surface area contributed by atoms with Gasteiger partial charge in [0.25, 0.3) is 0 Å². The van der Waals surface area contributed by atoms with E-state index in [1.54, 1.807) is 0 Å². The maximum Gasteiger partial charge on any atom is 0.224 e. The van der Waals surface area contributed by atoms with Crippen LogP contribution in [-0.2, 0) is 30.6 Å². The van der Waals surface area contributed by atoms with Gasteiger partial charge in [-0.1, -0.05) is 66.7 Å². The zero-order valence-corrected chi connectivity index (χ0v) is 20.2. The molecule has 0 bridgehead atoms. The first-order valence-corrected chi connectivity index (χ1v) is 12.3. The molecule has 0 aliphatic carbocycles. The van der Waals surface area contributed by atoms with Gasteiger partial charge in [-0.25, -0.2) is 4.98 Å². The van der Waals surface area contributed by atoms with E-state index in [1.807, 2.05) is 72.8 Å². The summed E-state index contributed by atoms with van der Waals surface area (Å²) in [6.45, 7) is 5.94. The molecule has 0 spiro atoms.